The number of likely N-dealkylation sites (tertiary alicyclic amines) is 1. The fourth-order valence-corrected chi connectivity index (χ4v) is 5.09. The summed E-state index contributed by atoms with van der Waals surface area (Å²) in [6, 6.07) is 4.46. The summed E-state index contributed by atoms with van der Waals surface area (Å²) in [6.07, 6.45) is 1.39. The van der Waals surface area contributed by atoms with Crippen molar-refractivity contribution in [3.63, 3.8) is 0 Å². The summed E-state index contributed by atoms with van der Waals surface area (Å²) in [5.41, 5.74) is 6.74. The lowest BCUT2D eigenvalue weighted by Crippen LogP contribution is -2.33. The van der Waals surface area contributed by atoms with Crippen LogP contribution in [0.5, 0.6) is 5.88 Å². The Hall–Kier alpha value is -3.92. The molecule has 2 amide bonds. The lowest BCUT2D eigenvalue weighted by molar-refractivity contribution is -0.144. The van der Waals surface area contributed by atoms with Crippen molar-refractivity contribution in [3.8, 4) is 11.9 Å². The number of allylic oxidation sites excluding steroid dienone is 4. The Morgan fingerprint density at radius 3 is 2.66 bits per heavy atom. The third-order valence-corrected chi connectivity index (χ3v) is 6.72. The van der Waals surface area contributed by atoms with E-state index < -0.39 is 36.3 Å². The molecule has 3 atom stereocenters. The molecule has 1 aromatic carbocycles. The van der Waals surface area contributed by atoms with Gasteiger partial charge in [0.15, 0.2) is 18.2 Å². The number of carbonyl (C=O) groups excluding carboxylic acids is 1. The minimum absolute atomic E-state index is 0.0563. The Labute approximate surface area is 215 Å². The second kappa shape index (κ2) is 10.8. The van der Waals surface area contributed by atoms with Crippen LogP contribution in [0.25, 0.3) is 5.70 Å². The van der Waals surface area contributed by atoms with Gasteiger partial charge in [-0.2, -0.15) is 18.4 Å². The lowest BCUT2D eigenvalue weighted by Gasteiger charge is -2.28. The molecule has 2 heterocycles. The first-order valence-electron chi connectivity index (χ1n) is 11.8. The Morgan fingerprint density at radius 1 is 1.29 bits per heavy atom. The third kappa shape index (κ3) is 5.96. The number of benzene rings is 1. The number of ether oxygens (including phenoxy) is 1. The number of nitriles is 1. The van der Waals surface area contributed by atoms with Gasteiger partial charge in [0.25, 0.3) is 0 Å². The number of nitrogens with zero attached hydrogens (tertiary/aromatic N) is 4. The van der Waals surface area contributed by atoms with Gasteiger partial charge in [0.05, 0.1) is 17.8 Å². The van der Waals surface area contributed by atoms with Gasteiger partial charge in [-0.15, -0.1) is 5.10 Å². The number of hydrogen-bond donors (Lipinski definition) is 2. The molecule has 0 spiro atoms. The van der Waals surface area contributed by atoms with E-state index >= 15 is 0 Å². The minimum atomic E-state index is -4.39. The molecule has 1 fully saturated rings. The fourth-order valence-electron chi connectivity index (χ4n) is 5.09. The molecule has 1 aromatic heterocycles. The Morgan fingerprint density at radius 2 is 2.05 bits per heavy atom. The highest BCUT2D eigenvalue weighted by molar-refractivity contribution is 5.89. The van der Waals surface area contributed by atoms with Crippen molar-refractivity contribution in [1.29, 1.82) is 5.26 Å². The predicted molar refractivity (Wildman–Crippen MR) is 128 cm³/mol. The van der Waals surface area contributed by atoms with E-state index in [-0.39, 0.29) is 43.2 Å². The smallest absolute Gasteiger partial charge is 0.401 e. The number of aromatic nitrogens is 2. The average Bonchev–Trinajstić information content (AvgIpc) is 3.39. The van der Waals surface area contributed by atoms with Crippen LogP contribution in [0.15, 0.2) is 36.4 Å². The van der Waals surface area contributed by atoms with Gasteiger partial charge in [-0.1, -0.05) is 18.2 Å². The zero-order valence-electron chi connectivity index (χ0n) is 20.3. The number of primary amides is 1. The van der Waals surface area contributed by atoms with E-state index in [1.165, 1.54) is 15.6 Å². The molecule has 1 aliphatic carbocycles. The Bertz CT molecular complexity index is 1310. The molecular formula is C25H25F5N6O2. The summed E-state index contributed by atoms with van der Waals surface area (Å²) in [6.45, 7) is 0.467. The normalized spacial score (nSPS) is 21.7. The van der Waals surface area contributed by atoms with Crippen molar-refractivity contribution in [1.82, 2.24) is 14.7 Å². The zero-order valence-corrected chi connectivity index (χ0v) is 20.3. The van der Waals surface area contributed by atoms with E-state index in [9.17, 15) is 26.7 Å². The first kappa shape index (κ1) is 27.1. The number of hydrogen-bond acceptors (Lipinski definition) is 5. The number of carbonyl (C=O) groups is 1. The van der Waals surface area contributed by atoms with Gasteiger partial charge in [0, 0.05) is 19.0 Å². The first-order chi connectivity index (χ1) is 18.0. The quantitative estimate of drug-likeness (QED) is 0.505. The molecule has 0 bridgehead atoms. The Balaban J connectivity index is 1.60. The van der Waals surface area contributed by atoms with Crippen molar-refractivity contribution >= 4 is 17.5 Å². The maximum Gasteiger partial charge on any atom is 0.401 e. The zero-order chi connectivity index (χ0) is 27.6. The van der Waals surface area contributed by atoms with Crippen LogP contribution >= 0.6 is 0 Å². The SMILES string of the molecule is Cc1c(OCC#N)nn(C2=CCC([C@@H]3CN(CC(F)(F)F)C[C@H]3c3ccc(F)c(F)c3)C=C2)c1NC(N)=O. The van der Waals surface area contributed by atoms with Crippen molar-refractivity contribution < 1.29 is 31.5 Å². The van der Waals surface area contributed by atoms with Crippen LogP contribution in [-0.2, 0) is 0 Å². The summed E-state index contributed by atoms with van der Waals surface area (Å²) >= 11 is 0. The van der Waals surface area contributed by atoms with Crippen molar-refractivity contribution in [2.75, 3.05) is 31.6 Å². The van der Waals surface area contributed by atoms with E-state index in [1.54, 1.807) is 13.0 Å². The summed E-state index contributed by atoms with van der Waals surface area (Å²) < 4.78 is 73.7. The molecule has 1 aliphatic heterocycles. The number of amides is 2. The van der Waals surface area contributed by atoms with Crippen LogP contribution in [0, 0.1) is 41.7 Å². The van der Waals surface area contributed by atoms with Gasteiger partial charge < -0.3 is 10.5 Å². The Kier molecular flexibility index (Phi) is 7.73. The molecule has 202 valence electrons. The number of halogens is 5. The summed E-state index contributed by atoms with van der Waals surface area (Å²) in [7, 11) is 0. The number of nitrogens with one attached hydrogen (secondary N) is 1. The molecule has 2 aromatic rings. The second-order valence-electron chi connectivity index (χ2n) is 9.27. The highest BCUT2D eigenvalue weighted by Crippen LogP contribution is 2.42. The minimum Gasteiger partial charge on any atom is -0.461 e. The molecule has 0 saturated carbocycles. The lowest BCUT2D eigenvalue weighted by atomic mass is 9.77. The number of alkyl halides is 3. The molecule has 1 saturated heterocycles. The molecule has 4 rings (SSSR count). The van der Waals surface area contributed by atoms with Crippen molar-refractivity contribution in [2.45, 2.75) is 25.4 Å². The number of nitrogens with two attached hydrogens (primary N) is 1. The van der Waals surface area contributed by atoms with E-state index in [0.29, 0.717) is 23.2 Å². The molecule has 0 radical (unpaired) electrons. The van der Waals surface area contributed by atoms with E-state index in [2.05, 4.69) is 10.4 Å². The molecule has 13 heteroatoms. The van der Waals surface area contributed by atoms with Crippen molar-refractivity contribution in [3.05, 3.63) is 59.2 Å². The van der Waals surface area contributed by atoms with Crippen LogP contribution in [0.2, 0.25) is 0 Å². The summed E-state index contributed by atoms with van der Waals surface area (Å²) in [5, 5.41) is 15.6. The molecular weight excluding hydrogens is 511 g/mol. The third-order valence-electron chi connectivity index (χ3n) is 6.72. The summed E-state index contributed by atoms with van der Waals surface area (Å²) in [4.78, 5) is 12.8. The fraction of sp³-hybridized carbons (Fsp3) is 0.400. The highest BCUT2D eigenvalue weighted by Gasteiger charge is 2.42. The largest absolute Gasteiger partial charge is 0.461 e. The second-order valence-corrected chi connectivity index (χ2v) is 9.27. The van der Waals surface area contributed by atoms with E-state index in [4.69, 9.17) is 15.7 Å². The maximum atomic E-state index is 14.0. The predicted octanol–water partition coefficient (Wildman–Crippen LogP) is 4.56. The standard InChI is InChI=1S/C25H25F5N6O2/c1-14-22(33-24(32)37)36(34-23(14)38-9-8-31)17-5-2-15(3-6-17)18-11-35(13-25(28,29)30)12-19(18)16-4-7-20(26)21(27)10-16/h2,4-7,10,15,18-19H,3,9,11-13H2,1H3,(H3,32,33,37)/t15?,18-,19-/m0/s1. The number of anilines is 1. The molecule has 3 N–H and O–H groups in total. The summed E-state index contributed by atoms with van der Waals surface area (Å²) in [5.74, 6) is -2.63. The van der Waals surface area contributed by atoms with Gasteiger partial charge in [0.1, 0.15) is 11.9 Å². The van der Waals surface area contributed by atoms with Crippen LogP contribution < -0.4 is 15.8 Å². The van der Waals surface area contributed by atoms with Crippen LogP contribution in [0.1, 0.15) is 23.5 Å². The van der Waals surface area contributed by atoms with Gasteiger partial charge in [-0.05, 0) is 49.0 Å². The molecule has 1 unspecified atom stereocenters. The van der Waals surface area contributed by atoms with Crippen molar-refractivity contribution in [2.24, 2.45) is 17.6 Å². The van der Waals surface area contributed by atoms with Crippen LogP contribution in [0.4, 0.5) is 32.6 Å². The van der Waals surface area contributed by atoms with Gasteiger partial charge in [0.2, 0.25) is 5.88 Å². The topological polar surface area (TPSA) is 109 Å². The number of rotatable bonds is 7. The van der Waals surface area contributed by atoms with E-state index in [1.807, 2.05) is 18.2 Å². The highest BCUT2D eigenvalue weighted by atomic mass is 19.4. The monoisotopic (exact) mass is 536 g/mol. The molecule has 2 aliphatic rings. The molecule has 8 nitrogen and oxygen atoms in total. The maximum absolute atomic E-state index is 14.0. The van der Waals surface area contributed by atoms with Gasteiger partial charge >= 0.3 is 12.2 Å². The molecule has 38 heavy (non-hydrogen) atoms. The first-order valence-corrected chi connectivity index (χ1v) is 11.8. The number of urea groups is 1. The van der Waals surface area contributed by atoms with E-state index in [0.717, 1.165) is 12.1 Å². The van der Waals surface area contributed by atoms with Gasteiger partial charge in [-0.3, -0.25) is 10.2 Å². The van der Waals surface area contributed by atoms with Crippen LogP contribution in [-0.4, -0.2) is 53.1 Å². The van der Waals surface area contributed by atoms with Crippen LogP contribution in [0.3, 0.4) is 0 Å². The average molecular weight is 537 g/mol. The van der Waals surface area contributed by atoms with Gasteiger partial charge in [-0.25, -0.2) is 18.3 Å².